The smallest absolute Gasteiger partial charge is 0.537 e. The Labute approximate surface area is 633 Å². The largest absolute Gasteiger partial charge is 0.569 e. The van der Waals surface area contributed by atoms with Gasteiger partial charge >= 0.3 is 7.69 Å². The van der Waals surface area contributed by atoms with Gasteiger partial charge in [0.15, 0.2) is 0 Å². The molecule has 4 heteroatoms. The standard InChI is InChI=1S/C52H32.C30H20BO2.C22H13Br/c1-2-16-36-33(14-1)15-13-27-37(36)34-28-30-35(31-29-34)50-44-23-9-11-25-46(44)52(47-26-12-10-24-45(47)50)49-32-48-40-19-4-3-17-38(40)39-18-5-7-21-42(39)51(48)43-22-8-6-20-41(43)49;32-31-33-30-27-13-5-3-11-25(27)29(26-12-4-6-14-28(26)30)22-18-16-21(17-19-22)24-15-7-9-20-8-1-2-10-23(20)24;23-21-13-20-16-9-2-1-7-14(16)15-8-3-5-11-18(15)22(20)19-12-6-4-10-17(19)21/h1-32H;1-19,32H;1-13H. The summed E-state index contributed by atoms with van der Waals surface area (Å²) in [4.78, 5) is 0. The zero-order chi connectivity index (χ0) is 71.8. The zero-order valence-corrected chi connectivity index (χ0v) is 60.3. The SMILES string of the molecule is Brc1cc2c3ccccc3c3ccccc3c2c2ccccc12.O[B]Oc1c2ccccc2c(-c2ccc(-c3cccc4ccccc34)cc2)c2ccccc12.c1ccc2c(-c3ccc(-c4c5ccccc5c(-c5cc6c7ccccc7c7ccccc7c6c6ccccc56)c5ccccc45)cc3)cccc2c1. The second-order valence-corrected chi connectivity index (χ2v) is 28.8. The first-order chi connectivity index (χ1) is 53.5. The highest BCUT2D eigenvalue weighted by atomic mass is 79.9. The van der Waals surface area contributed by atoms with Gasteiger partial charge < -0.3 is 9.68 Å². The molecular formula is C104H65BBrO2. The van der Waals surface area contributed by atoms with E-state index >= 15 is 0 Å². The fourth-order valence-corrected chi connectivity index (χ4v) is 18.2. The summed E-state index contributed by atoms with van der Waals surface area (Å²) in [7, 11) is 0.757. The molecule has 0 bridgehead atoms. The highest BCUT2D eigenvalue weighted by Crippen LogP contribution is 2.51. The average molecular weight is 1440 g/mol. The number of benzene rings is 22. The highest BCUT2D eigenvalue weighted by Gasteiger charge is 2.23. The molecule has 22 rings (SSSR count). The lowest BCUT2D eigenvalue weighted by atomic mass is 9.82. The van der Waals surface area contributed by atoms with Crippen molar-refractivity contribution in [2.75, 3.05) is 0 Å². The number of fused-ring (bicyclic) bond motifs is 22. The van der Waals surface area contributed by atoms with E-state index in [1.54, 1.807) is 0 Å². The van der Waals surface area contributed by atoms with Crippen molar-refractivity contribution in [3.8, 4) is 61.4 Å². The van der Waals surface area contributed by atoms with E-state index in [0.717, 1.165) is 44.8 Å². The molecule has 0 aliphatic rings. The Morgan fingerprint density at radius 2 is 0.454 bits per heavy atom. The molecule has 2 nitrogen and oxygen atoms in total. The minimum absolute atomic E-state index is 0.667. The van der Waals surface area contributed by atoms with Crippen LogP contribution in [0.25, 0.3) is 206 Å². The lowest BCUT2D eigenvalue weighted by molar-refractivity contribution is 0.459. The van der Waals surface area contributed by atoms with Gasteiger partial charge in [0.05, 0.1) is 0 Å². The maximum Gasteiger partial charge on any atom is 0.569 e. The van der Waals surface area contributed by atoms with E-state index in [0.29, 0.717) is 5.75 Å². The molecule has 1 radical (unpaired) electrons. The van der Waals surface area contributed by atoms with Gasteiger partial charge in [-0.1, -0.05) is 392 Å². The van der Waals surface area contributed by atoms with Crippen molar-refractivity contribution < 1.29 is 9.68 Å². The van der Waals surface area contributed by atoms with Gasteiger partial charge in [0.1, 0.15) is 5.75 Å². The fourth-order valence-electron chi connectivity index (χ4n) is 17.6. The Bertz CT molecular complexity index is 7270. The predicted molar refractivity (Wildman–Crippen MR) is 468 cm³/mol. The first kappa shape index (κ1) is 64.4. The van der Waals surface area contributed by atoms with Gasteiger partial charge in [-0.3, -0.25) is 0 Å². The van der Waals surface area contributed by atoms with Crippen LogP contribution < -0.4 is 4.65 Å². The van der Waals surface area contributed by atoms with Crippen molar-refractivity contribution in [1.29, 1.82) is 0 Å². The Morgan fingerprint density at radius 3 is 0.852 bits per heavy atom. The van der Waals surface area contributed by atoms with Crippen molar-refractivity contribution in [3.05, 3.63) is 393 Å². The topological polar surface area (TPSA) is 29.5 Å². The minimum Gasteiger partial charge on any atom is -0.537 e. The molecule has 0 aliphatic carbocycles. The molecule has 0 heterocycles. The molecule has 108 heavy (non-hydrogen) atoms. The summed E-state index contributed by atoms with van der Waals surface area (Å²) in [6.07, 6.45) is 0. The zero-order valence-electron chi connectivity index (χ0n) is 58.8. The van der Waals surface area contributed by atoms with Crippen LogP contribution >= 0.6 is 15.9 Å². The van der Waals surface area contributed by atoms with Crippen LogP contribution in [0.4, 0.5) is 0 Å². The molecule has 503 valence electrons. The van der Waals surface area contributed by atoms with Crippen LogP contribution in [-0.4, -0.2) is 12.7 Å². The van der Waals surface area contributed by atoms with Crippen LogP contribution in [0.3, 0.4) is 0 Å². The van der Waals surface area contributed by atoms with E-state index in [9.17, 15) is 5.02 Å². The van der Waals surface area contributed by atoms with E-state index in [-0.39, 0.29) is 0 Å². The summed E-state index contributed by atoms with van der Waals surface area (Å²) in [5.41, 5.74) is 12.3. The Morgan fingerprint density at radius 1 is 0.194 bits per heavy atom. The third-order valence-electron chi connectivity index (χ3n) is 22.2. The van der Waals surface area contributed by atoms with Gasteiger partial charge in [0.2, 0.25) is 0 Å². The molecule has 22 aromatic rings. The molecule has 1 N–H and O–H groups in total. The number of halogens is 1. The second kappa shape index (κ2) is 27.0. The first-order valence-electron chi connectivity index (χ1n) is 36.9. The van der Waals surface area contributed by atoms with Gasteiger partial charge in [0, 0.05) is 15.2 Å². The normalized spacial score (nSPS) is 11.6. The fraction of sp³-hybridized carbons (Fsp3) is 0. The molecule has 0 atom stereocenters. The Kier molecular flexibility index (Phi) is 16.1. The molecular weight excluding hydrogens is 1370 g/mol. The van der Waals surface area contributed by atoms with Gasteiger partial charge in [-0.05, 0) is 208 Å². The van der Waals surface area contributed by atoms with Crippen LogP contribution in [0.15, 0.2) is 393 Å². The van der Waals surface area contributed by atoms with Gasteiger partial charge in [-0.2, -0.15) is 0 Å². The third-order valence-corrected chi connectivity index (χ3v) is 22.9. The van der Waals surface area contributed by atoms with E-state index < -0.39 is 0 Å². The molecule has 0 spiro atoms. The van der Waals surface area contributed by atoms with E-state index in [4.69, 9.17) is 4.65 Å². The average Bonchev–Trinajstić information content (AvgIpc) is 0.721. The molecule has 0 aliphatic heterocycles. The number of hydrogen-bond acceptors (Lipinski definition) is 2. The van der Waals surface area contributed by atoms with Crippen molar-refractivity contribution in [2.45, 2.75) is 0 Å². The Hall–Kier alpha value is -13.2. The van der Waals surface area contributed by atoms with Crippen molar-refractivity contribution in [2.24, 2.45) is 0 Å². The van der Waals surface area contributed by atoms with Gasteiger partial charge in [-0.25, -0.2) is 0 Å². The molecule has 0 saturated carbocycles. The molecule has 0 aromatic heterocycles. The van der Waals surface area contributed by atoms with Crippen molar-refractivity contribution in [3.63, 3.8) is 0 Å². The van der Waals surface area contributed by atoms with E-state index in [1.165, 1.54) is 174 Å². The second-order valence-electron chi connectivity index (χ2n) is 28.0. The van der Waals surface area contributed by atoms with Crippen LogP contribution in [0.5, 0.6) is 5.75 Å². The summed E-state index contributed by atoms with van der Waals surface area (Å²) in [6, 6.07) is 140. The van der Waals surface area contributed by atoms with E-state index in [1.807, 2.05) is 36.4 Å². The number of rotatable bonds is 7. The van der Waals surface area contributed by atoms with Crippen molar-refractivity contribution in [1.82, 2.24) is 0 Å². The summed E-state index contributed by atoms with van der Waals surface area (Å²) in [5.74, 6) is 0.667. The van der Waals surface area contributed by atoms with Crippen LogP contribution in [0.2, 0.25) is 0 Å². The molecule has 0 fully saturated rings. The third kappa shape index (κ3) is 10.7. The lowest BCUT2D eigenvalue weighted by Crippen LogP contribution is -2.02. The summed E-state index contributed by atoms with van der Waals surface area (Å²) in [6.45, 7) is 0. The molecule has 0 unspecified atom stereocenters. The lowest BCUT2D eigenvalue weighted by Gasteiger charge is -2.21. The highest BCUT2D eigenvalue weighted by molar-refractivity contribution is 9.10. The predicted octanol–water partition coefficient (Wildman–Crippen LogP) is 29.2. The first-order valence-corrected chi connectivity index (χ1v) is 37.6. The molecule has 0 amide bonds. The van der Waals surface area contributed by atoms with Gasteiger partial charge in [0.25, 0.3) is 0 Å². The summed E-state index contributed by atoms with van der Waals surface area (Å²) in [5, 5.41) is 44.5. The molecule has 0 saturated heterocycles. The van der Waals surface area contributed by atoms with Crippen molar-refractivity contribution >= 4 is 174 Å². The molecule has 22 aromatic carbocycles. The maximum atomic E-state index is 9.39. The van der Waals surface area contributed by atoms with Crippen LogP contribution in [-0.2, 0) is 0 Å². The summed E-state index contributed by atoms with van der Waals surface area (Å²) < 4.78 is 6.73. The van der Waals surface area contributed by atoms with Crippen LogP contribution in [0, 0.1) is 0 Å². The quantitative estimate of drug-likeness (QED) is 0.0979. The Balaban J connectivity index is 0.000000117. The van der Waals surface area contributed by atoms with E-state index in [2.05, 4.69) is 368 Å². The van der Waals surface area contributed by atoms with Crippen LogP contribution in [0.1, 0.15) is 0 Å². The maximum absolute atomic E-state index is 9.39. The monoisotopic (exact) mass is 1440 g/mol. The summed E-state index contributed by atoms with van der Waals surface area (Å²) >= 11 is 3.77. The number of hydrogen-bond donors (Lipinski definition) is 1. The minimum atomic E-state index is 0.667. The van der Waals surface area contributed by atoms with Gasteiger partial charge in [-0.15, -0.1) is 0 Å².